The van der Waals surface area contributed by atoms with E-state index in [4.69, 9.17) is 0 Å². The van der Waals surface area contributed by atoms with Crippen molar-refractivity contribution in [3.8, 4) is 16.9 Å². The summed E-state index contributed by atoms with van der Waals surface area (Å²) in [5.41, 5.74) is 2.54. The van der Waals surface area contributed by atoms with Gasteiger partial charge in [0.2, 0.25) is 0 Å². The monoisotopic (exact) mass is 407 g/mol. The van der Waals surface area contributed by atoms with Crippen molar-refractivity contribution in [3.05, 3.63) is 83.0 Å². The molecule has 0 atom stereocenters. The summed E-state index contributed by atoms with van der Waals surface area (Å²) < 4.78 is 15.2. The van der Waals surface area contributed by atoms with Gasteiger partial charge in [-0.2, -0.15) is 5.10 Å². The van der Waals surface area contributed by atoms with E-state index in [0.29, 0.717) is 12.2 Å². The summed E-state index contributed by atoms with van der Waals surface area (Å²) in [5, 5.41) is 10.1. The Labute approximate surface area is 171 Å². The molecule has 3 heterocycles. The van der Waals surface area contributed by atoms with Gasteiger partial charge in [-0.3, -0.25) is 9.78 Å². The predicted molar refractivity (Wildman–Crippen MR) is 110 cm³/mol. The number of nitrogens with zero attached hydrogens (tertiary/aromatic N) is 4. The van der Waals surface area contributed by atoms with Crippen molar-refractivity contribution >= 4 is 17.2 Å². The van der Waals surface area contributed by atoms with Crippen LogP contribution < -0.4 is 5.32 Å². The molecule has 1 amide bonds. The molecule has 0 aliphatic rings. The van der Waals surface area contributed by atoms with Gasteiger partial charge < -0.3 is 5.32 Å². The van der Waals surface area contributed by atoms with Crippen molar-refractivity contribution in [2.75, 3.05) is 6.54 Å². The van der Waals surface area contributed by atoms with Gasteiger partial charge in [0.1, 0.15) is 11.5 Å². The number of thiazole rings is 1. The molecule has 0 unspecified atom stereocenters. The third kappa shape index (κ3) is 4.55. The highest BCUT2D eigenvalue weighted by Gasteiger charge is 2.12. The lowest BCUT2D eigenvalue weighted by Crippen LogP contribution is -2.25. The number of carbonyl (C=O) groups excluding carboxylic acids is 1. The first-order valence-corrected chi connectivity index (χ1v) is 10.0. The highest BCUT2D eigenvalue weighted by molar-refractivity contribution is 7.09. The largest absolute Gasteiger partial charge is 0.351 e. The fourth-order valence-corrected chi connectivity index (χ4v) is 3.68. The Bertz CT molecular complexity index is 1110. The summed E-state index contributed by atoms with van der Waals surface area (Å²) in [6.45, 7) is 0.509. The molecule has 0 fully saturated rings. The Kier molecular flexibility index (Phi) is 5.71. The standard InChI is InChI=1S/C21H18FN5OS/c22-16-4-1-2-5-19(16)27-13-9-17(26-27)21(28)24-10-3-6-20-25-18(14-29-20)15-7-11-23-12-8-15/h1-2,4-5,7-9,11-14H,3,6,10H2,(H,24,28). The number of aromatic nitrogens is 4. The van der Waals surface area contributed by atoms with Gasteiger partial charge in [-0.15, -0.1) is 11.3 Å². The van der Waals surface area contributed by atoms with Crippen molar-refractivity contribution in [2.24, 2.45) is 0 Å². The lowest BCUT2D eigenvalue weighted by Gasteiger charge is -2.03. The third-order valence-electron chi connectivity index (χ3n) is 4.30. The average molecular weight is 407 g/mol. The molecular formula is C21H18FN5OS. The van der Waals surface area contributed by atoms with Crippen LogP contribution in [0.1, 0.15) is 21.9 Å². The number of hydrogen-bond donors (Lipinski definition) is 1. The Hall–Kier alpha value is -3.39. The average Bonchev–Trinajstić information content (AvgIpc) is 3.42. The molecule has 146 valence electrons. The summed E-state index contributed by atoms with van der Waals surface area (Å²) in [4.78, 5) is 20.9. The van der Waals surface area contributed by atoms with E-state index >= 15 is 0 Å². The zero-order chi connectivity index (χ0) is 20.1. The Morgan fingerprint density at radius 3 is 2.79 bits per heavy atom. The molecule has 0 bridgehead atoms. The van der Waals surface area contributed by atoms with E-state index in [1.165, 1.54) is 10.7 Å². The maximum Gasteiger partial charge on any atom is 0.271 e. The number of halogens is 1. The Balaban J connectivity index is 1.28. The molecule has 0 aliphatic carbocycles. The number of nitrogens with one attached hydrogen (secondary N) is 1. The number of para-hydroxylation sites is 1. The van der Waals surface area contributed by atoms with Gasteiger partial charge in [0, 0.05) is 42.5 Å². The minimum absolute atomic E-state index is 0.252. The van der Waals surface area contributed by atoms with Crippen LogP contribution in [-0.4, -0.2) is 32.2 Å². The molecule has 0 radical (unpaired) electrons. The fraction of sp³-hybridized carbons (Fsp3) is 0.143. The first-order chi connectivity index (χ1) is 14.2. The molecule has 1 N–H and O–H groups in total. The van der Waals surface area contributed by atoms with E-state index in [0.717, 1.165) is 29.1 Å². The highest BCUT2D eigenvalue weighted by Crippen LogP contribution is 2.21. The molecule has 0 aliphatic heterocycles. The van der Waals surface area contributed by atoms with Crippen LogP contribution in [0, 0.1) is 5.82 Å². The lowest BCUT2D eigenvalue weighted by molar-refractivity contribution is 0.0948. The number of benzene rings is 1. The molecule has 6 nitrogen and oxygen atoms in total. The predicted octanol–water partition coefficient (Wildman–Crippen LogP) is 3.89. The van der Waals surface area contributed by atoms with Crippen molar-refractivity contribution in [1.29, 1.82) is 0 Å². The van der Waals surface area contributed by atoms with E-state index in [9.17, 15) is 9.18 Å². The number of aryl methyl sites for hydroxylation is 1. The van der Waals surface area contributed by atoms with Crippen molar-refractivity contribution in [2.45, 2.75) is 12.8 Å². The second-order valence-electron chi connectivity index (χ2n) is 6.32. The first-order valence-electron chi connectivity index (χ1n) is 9.14. The van der Waals surface area contributed by atoms with Gasteiger partial charge in [-0.25, -0.2) is 14.1 Å². The van der Waals surface area contributed by atoms with Crippen LogP contribution in [0.3, 0.4) is 0 Å². The van der Waals surface area contributed by atoms with Gasteiger partial charge in [0.05, 0.1) is 10.7 Å². The number of carbonyl (C=O) groups is 1. The molecule has 4 rings (SSSR count). The van der Waals surface area contributed by atoms with Crippen LogP contribution in [0.4, 0.5) is 4.39 Å². The number of hydrogen-bond acceptors (Lipinski definition) is 5. The van der Waals surface area contributed by atoms with E-state index in [2.05, 4.69) is 20.4 Å². The quantitative estimate of drug-likeness (QED) is 0.472. The van der Waals surface area contributed by atoms with Crippen LogP contribution in [0.15, 0.2) is 66.4 Å². The topological polar surface area (TPSA) is 72.7 Å². The van der Waals surface area contributed by atoms with Gasteiger partial charge >= 0.3 is 0 Å². The second-order valence-corrected chi connectivity index (χ2v) is 7.26. The molecule has 0 saturated heterocycles. The van der Waals surface area contributed by atoms with Gasteiger partial charge in [-0.05, 0) is 36.8 Å². The maximum absolute atomic E-state index is 13.8. The minimum Gasteiger partial charge on any atom is -0.351 e. The number of amides is 1. The van der Waals surface area contributed by atoms with Crippen molar-refractivity contribution in [1.82, 2.24) is 25.1 Å². The van der Waals surface area contributed by atoms with E-state index in [1.54, 1.807) is 54.2 Å². The molecule has 3 aromatic heterocycles. The minimum atomic E-state index is -0.392. The van der Waals surface area contributed by atoms with Crippen LogP contribution in [0.2, 0.25) is 0 Å². The van der Waals surface area contributed by atoms with Gasteiger partial charge in [-0.1, -0.05) is 12.1 Å². The number of pyridine rings is 1. The zero-order valence-electron chi connectivity index (χ0n) is 15.5. The summed E-state index contributed by atoms with van der Waals surface area (Å²) in [6, 6.07) is 11.7. The second kappa shape index (κ2) is 8.74. The summed E-state index contributed by atoms with van der Waals surface area (Å²) in [6.07, 6.45) is 6.61. The smallest absolute Gasteiger partial charge is 0.271 e. The van der Waals surface area contributed by atoms with Crippen molar-refractivity contribution in [3.63, 3.8) is 0 Å². The van der Waals surface area contributed by atoms with Crippen molar-refractivity contribution < 1.29 is 9.18 Å². The van der Waals surface area contributed by atoms with Crippen LogP contribution in [-0.2, 0) is 6.42 Å². The summed E-state index contributed by atoms with van der Waals surface area (Å²) in [5.74, 6) is -0.672. The van der Waals surface area contributed by atoms with Crippen LogP contribution >= 0.6 is 11.3 Å². The van der Waals surface area contributed by atoms with Gasteiger partial charge in [0.15, 0.2) is 5.69 Å². The number of rotatable bonds is 7. The molecule has 4 aromatic rings. The molecule has 0 saturated carbocycles. The molecule has 8 heteroatoms. The van der Waals surface area contributed by atoms with Gasteiger partial charge in [0.25, 0.3) is 5.91 Å². The van der Waals surface area contributed by atoms with Crippen LogP contribution in [0.25, 0.3) is 16.9 Å². The van der Waals surface area contributed by atoms with Crippen LogP contribution in [0.5, 0.6) is 0 Å². The highest BCUT2D eigenvalue weighted by atomic mass is 32.1. The van der Waals surface area contributed by atoms with E-state index < -0.39 is 5.82 Å². The van der Waals surface area contributed by atoms with E-state index in [1.807, 2.05) is 17.5 Å². The molecular weight excluding hydrogens is 389 g/mol. The molecule has 29 heavy (non-hydrogen) atoms. The first kappa shape index (κ1) is 18.9. The Morgan fingerprint density at radius 2 is 1.97 bits per heavy atom. The summed E-state index contributed by atoms with van der Waals surface area (Å²) in [7, 11) is 0. The van der Waals surface area contributed by atoms with E-state index in [-0.39, 0.29) is 11.6 Å². The molecule has 0 spiro atoms. The SMILES string of the molecule is O=C(NCCCc1nc(-c2ccncc2)cs1)c1ccn(-c2ccccc2F)n1. The normalized spacial score (nSPS) is 10.8. The third-order valence-corrected chi connectivity index (χ3v) is 5.21. The maximum atomic E-state index is 13.8. The molecule has 1 aromatic carbocycles. The summed E-state index contributed by atoms with van der Waals surface area (Å²) >= 11 is 1.61. The Morgan fingerprint density at radius 1 is 1.14 bits per heavy atom. The zero-order valence-corrected chi connectivity index (χ0v) is 16.3. The lowest BCUT2D eigenvalue weighted by atomic mass is 10.2. The fourth-order valence-electron chi connectivity index (χ4n) is 2.83.